The first-order valence-corrected chi connectivity index (χ1v) is 4.02. The van der Waals surface area contributed by atoms with Crippen molar-refractivity contribution in [3.8, 4) is 0 Å². The van der Waals surface area contributed by atoms with E-state index >= 15 is 0 Å². The second-order valence-corrected chi connectivity index (χ2v) is 2.67. The van der Waals surface area contributed by atoms with Gasteiger partial charge in [-0.2, -0.15) is 0 Å². The van der Waals surface area contributed by atoms with Crippen LogP contribution in [0.3, 0.4) is 0 Å². The third kappa shape index (κ3) is 2.77. The first-order valence-electron chi connectivity index (χ1n) is 4.02. The summed E-state index contributed by atoms with van der Waals surface area (Å²) in [4.78, 5) is 6.05. The maximum absolute atomic E-state index is 8.62. The van der Waals surface area contributed by atoms with Crippen LogP contribution in [-0.2, 0) is 4.74 Å². The lowest BCUT2D eigenvalue weighted by Crippen LogP contribution is -2.42. The normalized spacial score (nSPS) is 21.0. The van der Waals surface area contributed by atoms with Gasteiger partial charge in [0.15, 0.2) is 0 Å². The molecule has 0 unspecified atom stereocenters. The number of nitrogens with zero attached hydrogens (tertiary/aromatic N) is 2. The Bertz CT molecular complexity index is 155. The second kappa shape index (κ2) is 5.08. The zero-order chi connectivity index (χ0) is 8.81. The standard InChI is InChI=1S/C7H15N3O2/c1-8-7(9-11)6-10-2-4-12-5-3-10/h11H,2-6H2,1H3,(H,8,9). The summed E-state index contributed by atoms with van der Waals surface area (Å²) in [7, 11) is 1.65. The summed E-state index contributed by atoms with van der Waals surface area (Å²) < 4.78 is 5.18. The predicted octanol–water partition coefficient (Wildman–Crippen LogP) is -0.674. The molecule has 0 aromatic rings. The monoisotopic (exact) mass is 173 g/mol. The number of hydroxylamine groups is 1. The zero-order valence-corrected chi connectivity index (χ0v) is 7.29. The van der Waals surface area contributed by atoms with E-state index in [4.69, 9.17) is 9.94 Å². The smallest absolute Gasteiger partial charge is 0.134 e. The van der Waals surface area contributed by atoms with E-state index in [1.54, 1.807) is 7.05 Å². The summed E-state index contributed by atoms with van der Waals surface area (Å²) in [5.74, 6) is 0.594. The van der Waals surface area contributed by atoms with Crippen molar-refractivity contribution in [1.29, 1.82) is 0 Å². The van der Waals surface area contributed by atoms with Crippen molar-refractivity contribution in [3.63, 3.8) is 0 Å². The van der Waals surface area contributed by atoms with E-state index in [1.165, 1.54) is 0 Å². The summed E-state index contributed by atoms with van der Waals surface area (Å²) >= 11 is 0. The summed E-state index contributed by atoms with van der Waals surface area (Å²) in [6, 6.07) is 0. The van der Waals surface area contributed by atoms with Gasteiger partial charge in [0.1, 0.15) is 5.84 Å². The van der Waals surface area contributed by atoms with Crippen LogP contribution in [0.2, 0.25) is 0 Å². The molecule has 70 valence electrons. The fourth-order valence-electron chi connectivity index (χ4n) is 1.13. The van der Waals surface area contributed by atoms with Crippen LogP contribution in [-0.4, -0.2) is 55.8 Å². The van der Waals surface area contributed by atoms with Gasteiger partial charge in [-0.25, -0.2) is 0 Å². The number of morpholine rings is 1. The van der Waals surface area contributed by atoms with Gasteiger partial charge in [-0.3, -0.25) is 20.6 Å². The molecule has 0 aliphatic carbocycles. The quantitative estimate of drug-likeness (QED) is 0.330. The molecule has 0 bridgehead atoms. The van der Waals surface area contributed by atoms with Gasteiger partial charge < -0.3 is 4.74 Å². The highest BCUT2D eigenvalue weighted by Crippen LogP contribution is 1.95. The first-order chi connectivity index (χ1) is 5.86. The number of hydrogen-bond acceptors (Lipinski definition) is 4. The molecule has 1 saturated heterocycles. The maximum atomic E-state index is 8.62. The van der Waals surface area contributed by atoms with Crippen molar-refractivity contribution in [1.82, 2.24) is 10.4 Å². The van der Waals surface area contributed by atoms with Gasteiger partial charge in [0, 0.05) is 20.1 Å². The van der Waals surface area contributed by atoms with Crippen LogP contribution in [0.5, 0.6) is 0 Å². The van der Waals surface area contributed by atoms with E-state index in [-0.39, 0.29) is 0 Å². The van der Waals surface area contributed by atoms with Gasteiger partial charge in [-0.05, 0) is 0 Å². The van der Waals surface area contributed by atoms with E-state index in [1.807, 2.05) is 0 Å². The zero-order valence-electron chi connectivity index (χ0n) is 7.29. The summed E-state index contributed by atoms with van der Waals surface area (Å²) in [6.45, 7) is 4.00. The molecule has 0 aromatic heterocycles. The highest BCUT2D eigenvalue weighted by atomic mass is 16.5. The van der Waals surface area contributed by atoms with Crippen LogP contribution in [0.4, 0.5) is 0 Å². The minimum Gasteiger partial charge on any atom is -0.379 e. The van der Waals surface area contributed by atoms with Crippen molar-refractivity contribution in [2.45, 2.75) is 0 Å². The summed E-state index contributed by atoms with van der Waals surface area (Å²) in [5.41, 5.74) is 2.07. The molecule has 0 saturated carbocycles. The molecule has 1 rings (SSSR count). The lowest BCUT2D eigenvalue weighted by atomic mass is 10.4. The largest absolute Gasteiger partial charge is 0.379 e. The van der Waals surface area contributed by atoms with Crippen LogP contribution < -0.4 is 5.48 Å². The van der Waals surface area contributed by atoms with E-state index in [0.717, 1.165) is 26.3 Å². The third-order valence-corrected chi connectivity index (χ3v) is 1.88. The highest BCUT2D eigenvalue weighted by Gasteiger charge is 2.11. The van der Waals surface area contributed by atoms with Gasteiger partial charge in [0.2, 0.25) is 0 Å². The molecular formula is C7H15N3O2. The SMILES string of the molecule is CN=C(CN1CCOCC1)NO. The molecule has 0 spiro atoms. The number of rotatable bonds is 2. The van der Waals surface area contributed by atoms with E-state index in [0.29, 0.717) is 12.4 Å². The number of amidine groups is 1. The third-order valence-electron chi connectivity index (χ3n) is 1.88. The molecule has 0 amide bonds. The Balaban J connectivity index is 2.28. The molecule has 2 N–H and O–H groups in total. The summed E-state index contributed by atoms with van der Waals surface area (Å²) in [6.07, 6.45) is 0. The van der Waals surface area contributed by atoms with Crippen molar-refractivity contribution in [2.75, 3.05) is 39.9 Å². The van der Waals surface area contributed by atoms with Gasteiger partial charge in [0.25, 0.3) is 0 Å². The molecule has 5 heteroatoms. The van der Waals surface area contributed by atoms with Crippen molar-refractivity contribution < 1.29 is 9.94 Å². The van der Waals surface area contributed by atoms with E-state index in [2.05, 4.69) is 15.4 Å². The average molecular weight is 173 g/mol. The average Bonchev–Trinajstić information content (AvgIpc) is 2.16. The molecule has 5 nitrogen and oxygen atoms in total. The number of nitrogens with one attached hydrogen (secondary N) is 1. The highest BCUT2D eigenvalue weighted by molar-refractivity contribution is 5.82. The molecular weight excluding hydrogens is 158 g/mol. The van der Waals surface area contributed by atoms with Crippen LogP contribution in [0.1, 0.15) is 0 Å². The lowest BCUT2D eigenvalue weighted by Gasteiger charge is -2.26. The van der Waals surface area contributed by atoms with Crippen LogP contribution in [0.15, 0.2) is 4.99 Å². The van der Waals surface area contributed by atoms with Gasteiger partial charge in [-0.1, -0.05) is 0 Å². The molecule has 0 atom stereocenters. The Hall–Kier alpha value is -0.650. The molecule has 12 heavy (non-hydrogen) atoms. The number of ether oxygens (including phenoxy) is 1. The van der Waals surface area contributed by atoms with Crippen LogP contribution in [0, 0.1) is 0 Å². The Labute approximate surface area is 72.0 Å². The van der Waals surface area contributed by atoms with Gasteiger partial charge in [-0.15, -0.1) is 0 Å². The molecule has 0 aromatic carbocycles. The Morgan fingerprint density at radius 1 is 1.58 bits per heavy atom. The molecule has 1 aliphatic heterocycles. The molecule has 1 heterocycles. The molecule has 1 aliphatic rings. The fraction of sp³-hybridized carbons (Fsp3) is 0.857. The Morgan fingerprint density at radius 3 is 2.75 bits per heavy atom. The van der Waals surface area contributed by atoms with Crippen molar-refractivity contribution >= 4 is 5.84 Å². The summed E-state index contributed by atoms with van der Waals surface area (Å²) in [5, 5.41) is 8.62. The topological polar surface area (TPSA) is 57.1 Å². The minimum atomic E-state index is 0.594. The fourth-order valence-corrected chi connectivity index (χ4v) is 1.13. The molecule has 0 radical (unpaired) electrons. The Kier molecular flexibility index (Phi) is 3.99. The van der Waals surface area contributed by atoms with Crippen LogP contribution >= 0.6 is 0 Å². The van der Waals surface area contributed by atoms with Crippen LogP contribution in [0.25, 0.3) is 0 Å². The number of aliphatic imine (C=N–C) groups is 1. The van der Waals surface area contributed by atoms with Crippen molar-refractivity contribution in [2.24, 2.45) is 4.99 Å². The Morgan fingerprint density at radius 2 is 2.25 bits per heavy atom. The first kappa shape index (κ1) is 9.44. The number of hydrogen-bond donors (Lipinski definition) is 2. The maximum Gasteiger partial charge on any atom is 0.134 e. The lowest BCUT2D eigenvalue weighted by molar-refractivity contribution is 0.0439. The predicted molar refractivity (Wildman–Crippen MR) is 45.5 cm³/mol. The molecule has 1 fully saturated rings. The minimum absolute atomic E-state index is 0.594. The van der Waals surface area contributed by atoms with E-state index in [9.17, 15) is 0 Å². The van der Waals surface area contributed by atoms with Gasteiger partial charge >= 0.3 is 0 Å². The van der Waals surface area contributed by atoms with Crippen molar-refractivity contribution in [3.05, 3.63) is 0 Å². The second-order valence-electron chi connectivity index (χ2n) is 2.67. The van der Waals surface area contributed by atoms with Gasteiger partial charge in [0.05, 0.1) is 19.8 Å². The van der Waals surface area contributed by atoms with E-state index < -0.39 is 0 Å².